The molecule has 1 aromatic rings. The Kier molecular flexibility index (Phi) is 6.61. The van der Waals surface area contributed by atoms with E-state index in [1.165, 1.54) is 6.07 Å². The quantitative estimate of drug-likeness (QED) is 0.775. The van der Waals surface area contributed by atoms with E-state index in [1.54, 1.807) is 12.1 Å². The lowest BCUT2D eigenvalue weighted by Crippen LogP contribution is -2.49. The molecule has 1 saturated heterocycles. The van der Waals surface area contributed by atoms with Gasteiger partial charge >= 0.3 is 0 Å². The molecular formula is C19H27FN2O2. The van der Waals surface area contributed by atoms with Crippen molar-refractivity contribution in [2.45, 2.75) is 32.0 Å². The van der Waals surface area contributed by atoms with Gasteiger partial charge in [0.15, 0.2) is 0 Å². The van der Waals surface area contributed by atoms with Crippen molar-refractivity contribution >= 4 is 5.69 Å². The van der Waals surface area contributed by atoms with E-state index in [9.17, 15) is 9.50 Å². The number of anilines is 1. The van der Waals surface area contributed by atoms with Gasteiger partial charge in [-0.1, -0.05) is 25.0 Å². The lowest BCUT2D eigenvalue weighted by molar-refractivity contribution is -0.0473. The van der Waals surface area contributed by atoms with Gasteiger partial charge in [0, 0.05) is 32.7 Å². The van der Waals surface area contributed by atoms with Crippen molar-refractivity contribution in [3.8, 4) is 12.3 Å². The maximum absolute atomic E-state index is 13.8. The zero-order valence-corrected chi connectivity index (χ0v) is 14.5. The number of piperazine rings is 1. The third-order valence-corrected chi connectivity index (χ3v) is 4.61. The first-order valence-electron chi connectivity index (χ1n) is 8.49. The number of halogens is 1. The molecule has 0 bridgehead atoms. The van der Waals surface area contributed by atoms with Gasteiger partial charge in [-0.25, -0.2) is 4.39 Å². The minimum Gasteiger partial charge on any atom is -0.389 e. The van der Waals surface area contributed by atoms with Crippen LogP contribution in [-0.4, -0.2) is 61.0 Å². The van der Waals surface area contributed by atoms with Crippen molar-refractivity contribution in [2.75, 3.05) is 44.2 Å². The Balaban J connectivity index is 1.77. The van der Waals surface area contributed by atoms with Crippen LogP contribution in [0, 0.1) is 18.2 Å². The lowest BCUT2D eigenvalue weighted by Gasteiger charge is -2.37. The molecule has 0 radical (unpaired) electrons. The Morgan fingerprint density at radius 3 is 2.58 bits per heavy atom. The Labute approximate surface area is 144 Å². The summed E-state index contributed by atoms with van der Waals surface area (Å²) < 4.78 is 19.5. The number of benzene rings is 1. The van der Waals surface area contributed by atoms with E-state index in [1.807, 2.05) is 24.8 Å². The van der Waals surface area contributed by atoms with Crippen LogP contribution in [0.2, 0.25) is 0 Å². The van der Waals surface area contributed by atoms with Gasteiger partial charge in [-0.15, -0.1) is 6.42 Å². The van der Waals surface area contributed by atoms with Gasteiger partial charge in [-0.2, -0.15) is 0 Å². The van der Waals surface area contributed by atoms with E-state index in [4.69, 9.17) is 11.2 Å². The summed E-state index contributed by atoms with van der Waals surface area (Å²) in [6.07, 6.45) is 5.59. The van der Waals surface area contributed by atoms with Gasteiger partial charge in [-0.05, 0) is 25.5 Å². The molecular weight excluding hydrogens is 307 g/mol. The number of aliphatic hydroxyl groups excluding tert-OH is 1. The monoisotopic (exact) mass is 334 g/mol. The normalized spacial score (nSPS) is 19.5. The molecule has 1 N–H and O–H groups in total. The molecule has 1 fully saturated rings. The topological polar surface area (TPSA) is 35.9 Å². The fourth-order valence-corrected chi connectivity index (χ4v) is 2.76. The Morgan fingerprint density at radius 2 is 2.00 bits per heavy atom. The van der Waals surface area contributed by atoms with Crippen LogP contribution in [0.25, 0.3) is 0 Å². The third-order valence-electron chi connectivity index (χ3n) is 4.61. The number of ether oxygens (including phenoxy) is 1. The summed E-state index contributed by atoms with van der Waals surface area (Å²) in [5, 5.41) is 10.2. The first-order chi connectivity index (χ1) is 11.5. The molecule has 0 spiro atoms. The molecule has 2 atom stereocenters. The summed E-state index contributed by atoms with van der Waals surface area (Å²) in [6, 6.07) is 6.84. The maximum atomic E-state index is 13.8. The number of hydrogen-bond acceptors (Lipinski definition) is 4. The highest BCUT2D eigenvalue weighted by atomic mass is 19.1. The van der Waals surface area contributed by atoms with Gasteiger partial charge < -0.3 is 14.7 Å². The minimum absolute atomic E-state index is 0.187. The van der Waals surface area contributed by atoms with Crippen LogP contribution in [0.15, 0.2) is 24.3 Å². The molecule has 2 rings (SSSR count). The number of para-hydroxylation sites is 1. The van der Waals surface area contributed by atoms with Gasteiger partial charge in [-0.3, -0.25) is 4.90 Å². The van der Waals surface area contributed by atoms with Crippen LogP contribution in [-0.2, 0) is 4.74 Å². The Hall–Kier alpha value is -1.61. The molecule has 5 heteroatoms. The van der Waals surface area contributed by atoms with Crippen LogP contribution in [0.4, 0.5) is 10.1 Å². The molecule has 0 aromatic heterocycles. The Morgan fingerprint density at radius 1 is 1.33 bits per heavy atom. The van der Waals surface area contributed by atoms with Gasteiger partial charge in [0.2, 0.25) is 0 Å². The van der Waals surface area contributed by atoms with E-state index in [2.05, 4.69) is 10.8 Å². The zero-order chi connectivity index (χ0) is 17.6. The molecule has 0 amide bonds. The van der Waals surface area contributed by atoms with E-state index in [0.29, 0.717) is 18.7 Å². The standard InChI is InChI=1S/C19H27FN2O2/c1-4-19(3,5-2)24-15-16(23)14-21-10-12-22(13-11-21)18-9-7-6-8-17(18)20/h1,6-9,16,23H,5,10-15H2,2-3H3/t16-,19+/m0/s1. The van der Waals surface area contributed by atoms with Gasteiger partial charge in [0.1, 0.15) is 11.4 Å². The highest BCUT2D eigenvalue weighted by molar-refractivity contribution is 5.47. The molecule has 1 heterocycles. The predicted octanol–water partition coefficient (Wildman–Crippen LogP) is 2.13. The molecule has 4 nitrogen and oxygen atoms in total. The number of aliphatic hydroxyl groups is 1. The zero-order valence-electron chi connectivity index (χ0n) is 14.5. The van der Waals surface area contributed by atoms with Crippen LogP contribution >= 0.6 is 0 Å². The molecule has 132 valence electrons. The smallest absolute Gasteiger partial charge is 0.146 e. The minimum atomic E-state index is -0.621. The largest absolute Gasteiger partial charge is 0.389 e. The molecule has 1 aliphatic heterocycles. The SMILES string of the molecule is C#C[C@](C)(CC)OC[C@@H](O)CN1CCN(c2ccccc2F)CC1. The van der Waals surface area contributed by atoms with Gasteiger partial charge in [0.05, 0.1) is 18.4 Å². The van der Waals surface area contributed by atoms with Crippen LogP contribution < -0.4 is 4.90 Å². The fourth-order valence-electron chi connectivity index (χ4n) is 2.76. The fraction of sp³-hybridized carbons (Fsp3) is 0.579. The molecule has 1 aliphatic rings. The average Bonchev–Trinajstić information content (AvgIpc) is 2.61. The second-order valence-corrected chi connectivity index (χ2v) is 6.43. The summed E-state index contributed by atoms with van der Waals surface area (Å²) in [4.78, 5) is 4.21. The van der Waals surface area contributed by atoms with Crippen molar-refractivity contribution in [3.63, 3.8) is 0 Å². The summed E-state index contributed by atoms with van der Waals surface area (Å²) in [5.74, 6) is 2.44. The first-order valence-corrected chi connectivity index (χ1v) is 8.49. The lowest BCUT2D eigenvalue weighted by atomic mass is 10.1. The van der Waals surface area contributed by atoms with Crippen LogP contribution in [0.5, 0.6) is 0 Å². The molecule has 1 aromatic carbocycles. The van der Waals surface area contributed by atoms with Gasteiger partial charge in [0.25, 0.3) is 0 Å². The Bertz CT molecular complexity index is 567. The molecule has 24 heavy (non-hydrogen) atoms. The number of hydrogen-bond donors (Lipinski definition) is 1. The second-order valence-electron chi connectivity index (χ2n) is 6.43. The summed E-state index contributed by atoms with van der Waals surface area (Å²) in [5.41, 5.74) is 0.0265. The van der Waals surface area contributed by atoms with E-state index >= 15 is 0 Å². The third kappa shape index (κ3) is 4.94. The van der Waals surface area contributed by atoms with E-state index in [0.717, 1.165) is 26.2 Å². The summed E-state index contributed by atoms with van der Waals surface area (Å²) in [7, 11) is 0. The number of nitrogens with zero attached hydrogens (tertiary/aromatic N) is 2. The summed E-state index contributed by atoms with van der Waals surface area (Å²) in [6.45, 7) is 7.63. The maximum Gasteiger partial charge on any atom is 0.146 e. The van der Waals surface area contributed by atoms with E-state index < -0.39 is 11.7 Å². The average molecular weight is 334 g/mol. The van der Waals surface area contributed by atoms with Crippen LogP contribution in [0.1, 0.15) is 20.3 Å². The van der Waals surface area contributed by atoms with Crippen molar-refractivity contribution in [2.24, 2.45) is 0 Å². The molecule has 0 aliphatic carbocycles. The second kappa shape index (κ2) is 8.48. The molecule has 0 saturated carbocycles. The van der Waals surface area contributed by atoms with Crippen LogP contribution in [0.3, 0.4) is 0 Å². The number of β-amino-alcohol motifs (C(OH)–C–C–N with tert-alkyl or cyclic N) is 1. The summed E-state index contributed by atoms with van der Waals surface area (Å²) >= 11 is 0. The first kappa shape index (κ1) is 18.7. The molecule has 0 unspecified atom stereocenters. The van der Waals surface area contributed by atoms with Crippen molar-refractivity contribution < 1.29 is 14.2 Å². The highest BCUT2D eigenvalue weighted by Gasteiger charge is 2.24. The predicted molar refractivity (Wildman–Crippen MR) is 94.5 cm³/mol. The highest BCUT2D eigenvalue weighted by Crippen LogP contribution is 2.20. The number of rotatable bonds is 7. The van der Waals surface area contributed by atoms with Crippen molar-refractivity contribution in [1.29, 1.82) is 0 Å². The van der Waals surface area contributed by atoms with Crippen molar-refractivity contribution in [1.82, 2.24) is 4.90 Å². The van der Waals surface area contributed by atoms with Crippen molar-refractivity contribution in [3.05, 3.63) is 30.1 Å². The number of terminal acetylenes is 1. The van der Waals surface area contributed by atoms with E-state index in [-0.39, 0.29) is 12.4 Å².